The Kier molecular flexibility index (Phi) is 6.30. The normalized spacial score (nSPS) is 20.2. The number of rotatable bonds is 4. The molecule has 0 aliphatic carbocycles. The van der Waals surface area contributed by atoms with Gasteiger partial charge in [-0.1, -0.05) is 0 Å². The van der Waals surface area contributed by atoms with E-state index in [0.29, 0.717) is 44.0 Å². The van der Waals surface area contributed by atoms with E-state index < -0.39 is 11.7 Å². The number of carbonyl (C=O) groups is 1. The van der Waals surface area contributed by atoms with Crippen molar-refractivity contribution in [2.24, 2.45) is 11.3 Å². The van der Waals surface area contributed by atoms with Crippen molar-refractivity contribution < 1.29 is 22.7 Å². The van der Waals surface area contributed by atoms with E-state index in [1.807, 2.05) is 9.80 Å². The molecule has 1 spiro atoms. The highest BCUT2D eigenvalue weighted by atomic mass is 19.4. The van der Waals surface area contributed by atoms with Gasteiger partial charge in [-0.3, -0.25) is 9.78 Å². The molecule has 0 N–H and O–H groups in total. The van der Waals surface area contributed by atoms with Crippen molar-refractivity contribution >= 4 is 11.6 Å². The molecule has 6 nitrogen and oxygen atoms in total. The van der Waals surface area contributed by atoms with Crippen molar-refractivity contribution in [1.82, 2.24) is 9.88 Å². The number of nitrogens with zero attached hydrogens (tertiary/aromatic N) is 4. The van der Waals surface area contributed by atoms with Gasteiger partial charge in [0.1, 0.15) is 0 Å². The van der Waals surface area contributed by atoms with Gasteiger partial charge in [-0.05, 0) is 48.6 Å². The number of hydrogen-bond donors (Lipinski definition) is 0. The number of benzene rings is 1. The number of piperidine rings is 1. The van der Waals surface area contributed by atoms with E-state index in [-0.39, 0.29) is 22.8 Å². The van der Waals surface area contributed by atoms with Gasteiger partial charge in [0.05, 0.1) is 23.8 Å². The van der Waals surface area contributed by atoms with Crippen LogP contribution in [0.15, 0.2) is 42.7 Å². The zero-order chi connectivity index (χ0) is 23.6. The maximum absolute atomic E-state index is 13.5. The van der Waals surface area contributed by atoms with Crippen LogP contribution in [0.25, 0.3) is 0 Å². The Balaban J connectivity index is 1.54. The number of pyridine rings is 1. The summed E-state index contributed by atoms with van der Waals surface area (Å²) in [6.07, 6.45) is 0.0838. The van der Waals surface area contributed by atoms with E-state index in [2.05, 4.69) is 4.98 Å². The molecule has 4 rings (SSSR count). The summed E-state index contributed by atoms with van der Waals surface area (Å²) < 4.78 is 45.9. The minimum absolute atomic E-state index is 0.0349. The van der Waals surface area contributed by atoms with Crippen LogP contribution in [0, 0.1) is 22.7 Å². The summed E-state index contributed by atoms with van der Waals surface area (Å²) >= 11 is 0. The van der Waals surface area contributed by atoms with E-state index in [0.717, 1.165) is 18.9 Å². The van der Waals surface area contributed by atoms with Crippen LogP contribution in [0.5, 0.6) is 0 Å². The molecule has 0 bridgehead atoms. The van der Waals surface area contributed by atoms with Crippen LogP contribution in [-0.2, 0) is 10.9 Å². The maximum atomic E-state index is 13.5. The Morgan fingerprint density at radius 2 is 1.94 bits per heavy atom. The average molecular weight is 458 g/mol. The number of ether oxygens (including phenoxy) is 1. The lowest BCUT2D eigenvalue weighted by atomic mass is 9.71. The molecule has 2 aliphatic heterocycles. The van der Waals surface area contributed by atoms with Gasteiger partial charge < -0.3 is 14.5 Å². The number of nitriles is 1. The largest absolute Gasteiger partial charge is 0.417 e. The minimum atomic E-state index is -4.59. The predicted molar refractivity (Wildman–Crippen MR) is 116 cm³/mol. The van der Waals surface area contributed by atoms with Gasteiger partial charge in [0.15, 0.2) is 0 Å². The second-order valence-electron chi connectivity index (χ2n) is 8.76. The molecule has 3 heterocycles. The number of aromatic nitrogens is 1. The molecule has 2 fully saturated rings. The molecule has 1 aromatic heterocycles. The van der Waals surface area contributed by atoms with Crippen LogP contribution in [-0.4, -0.2) is 55.7 Å². The quantitative estimate of drug-likeness (QED) is 0.693. The highest BCUT2D eigenvalue weighted by Gasteiger charge is 2.49. The van der Waals surface area contributed by atoms with Crippen LogP contribution in [0.2, 0.25) is 0 Å². The van der Waals surface area contributed by atoms with Crippen LogP contribution < -0.4 is 4.90 Å². The molecule has 0 radical (unpaired) electrons. The van der Waals surface area contributed by atoms with E-state index in [9.17, 15) is 18.0 Å². The molecule has 1 atom stereocenters. The molecule has 2 aliphatic rings. The van der Waals surface area contributed by atoms with Crippen molar-refractivity contribution in [2.45, 2.75) is 19.0 Å². The molecule has 33 heavy (non-hydrogen) atoms. The first-order valence-corrected chi connectivity index (χ1v) is 10.8. The molecule has 9 heteroatoms. The lowest BCUT2D eigenvalue weighted by Gasteiger charge is -2.42. The standard InChI is InChI=1S/C24H25F3N4O2/c1-33-15-19-14-31(20-3-2-18(13-28)21(12-20)24(25,26)27)16-23(19)6-10-30(11-7-23)22(32)17-4-8-29-9-5-17/h2-5,8-9,12,19H,6-7,10-11,14-16H2,1H3. The third-order valence-electron chi connectivity index (χ3n) is 6.95. The third-order valence-corrected chi connectivity index (χ3v) is 6.95. The van der Waals surface area contributed by atoms with Crippen LogP contribution in [0.1, 0.15) is 34.3 Å². The van der Waals surface area contributed by atoms with Gasteiger partial charge in [-0.25, -0.2) is 0 Å². The molecular weight excluding hydrogens is 433 g/mol. The third kappa shape index (κ3) is 4.53. The van der Waals surface area contributed by atoms with Crippen LogP contribution in [0.4, 0.5) is 18.9 Å². The Morgan fingerprint density at radius 1 is 1.24 bits per heavy atom. The van der Waals surface area contributed by atoms with Gasteiger partial charge in [0.25, 0.3) is 5.91 Å². The number of methoxy groups -OCH3 is 1. The van der Waals surface area contributed by atoms with Crippen molar-refractivity contribution in [3.63, 3.8) is 0 Å². The monoisotopic (exact) mass is 458 g/mol. The predicted octanol–water partition coefficient (Wildman–Crippen LogP) is 3.98. The van der Waals surface area contributed by atoms with E-state index >= 15 is 0 Å². The number of alkyl halides is 3. The number of anilines is 1. The number of halogens is 3. The number of amides is 1. The Bertz CT molecular complexity index is 1040. The molecule has 1 amide bonds. The fourth-order valence-electron chi connectivity index (χ4n) is 5.12. The molecule has 1 aromatic carbocycles. The van der Waals surface area contributed by atoms with Crippen LogP contribution in [0.3, 0.4) is 0 Å². The molecule has 2 saturated heterocycles. The fraction of sp³-hybridized carbons (Fsp3) is 0.458. The molecule has 174 valence electrons. The summed E-state index contributed by atoms with van der Waals surface area (Å²) in [6.45, 7) is 2.81. The van der Waals surface area contributed by atoms with E-state index in [4.69, 9.17) is 10.00 Å². The lowest BCUT2D eigenvalue weighted by molar-refractivity contribution is -0.137. The highest BCUT2D eigenvalue weighted by molar-refractivity contribution is 5.94. The topological polar surface area (TPSA) is 69.5 Å². The van der Waals surface area contributed by atoms with Crippen molar-refractivity contribution in [3.05, 3.63) is 59.4 Å². The van der Waals surface area contributed by atoms with Crippen molar-refractivity contribution in [3.8, 4) is 6.07 Å². The summed E-state index contributed by atoms with van der Waals surface area (Å²) in [4.78, 5) is 20.6. The second-order valence-corrected chi connectivity index (χ2v) is 8.76. The second kappa shape index (κ2) is 9.02. The van der Waals surface area contributed by atoms with Gasteiger partial charge in [-0.2, -0.15) is 18.4 Å². The van der Waals surface area contributed by atoms with Crippen molar-refractivity contribution in [1.29, 1.82) is 5.26 Å². The summed E-state index contributed by atoms with van der Waals surface area (Å²) in [5, 5.41) is 9.08. The first-order valence-electron chi connectivity index (χ1n) is 10.8. The highest BCUT2D eigenvalue weighted by Crippen LogP contribution is 2.47. The zero-order valence-electron chi connectivity index (χ0n) is 18.3. The molecule has 1 unspecified atom stereocenters. The SMILES string of the molecule is COCC1CN(c2ccc(C#N)c(C(F)(F)F)c2)CC12CCN(C(=O)c1ccncc1)CC2. The van der Waals surface area contributed by atoms with Gasteiger partial charge in [0, 0.05) is 62.9 Å². The maximum Gasteiger partial charge on any atom is 0.417 e. The van der Waals surface area contributed by atoms with Crippen molar-refractivity contribution in [2.75, 3.05) is 44.8 Å². The van der Waals surface area contributed by atoms with E-state index in [1.54, 1.807) is 43.8 Å². The summed E-state index contributed by atoms with van der Waals surface area (Å²) in [5.41, 5.74) is -0.396. The Hall–Kier alpha value is -3.12. The Labute approximate surface area is 190 Å². The summed E-state index contributed by atoms with van der Waals surface area (Å²) in [6, 6.07) is 8.92. The van der Waals surface area contributed by atoms with Crippen LogP contribution >= 0.6 is 0 Å². The van der Waals surface area contributed by atoms with Gasteiger partial charge in [0.2, 0.25) is 0 Å². The number of hydrogen-bond acceptors (Lipinski definition) is 5. The number of likely N-dealkylation sites (tertiary alicyclic amines) is 1. The van der Waals surface area contributed by atoms with E-state index in [1.165, 1.54) is 6.07 Å². The molecule has 0 saturated carbocycles. The summed E-state index contributed by atoms with van der Waals surface area (Å²) in [5.74, 6) is 0.0953. The van der Waals surface area contributed by atoms with Gasteiger partial charge in [-0.15, -0.1) is 0 Å². The Morgan fingerprint density at radius 3 is 2.55 bits per heavy atom. The first-order chi connectivity index (χ1) is 15.8. The molecular formula is C24H25F3N4O2. The minimum Gasteiger partial charge on any atom is -0.384 e. The average Bonchev–Trinajstić information content (AvgIpc) is 3.16. The smallest absolute Gasteiger partial charge is 0.384 e. The first kappa shape index (κ1) is 23.1. The molecule has 2 aromatic rings. The zero-order valence-corrected chi connectivity index (χ0v) is 18.3. The number of carbonyl (C=O) groups excluding carboxylic acids is 1. The summed E-state index contributed by atoms with van der Waals surface area (Å²) in [7, 11) is 1.63. The lowest BCUT2D eigenvalue weighted by Crippen LogP contribution is -2.47. The fourth-order valence-corrected chi connectivity index (χ4v) is 5.12. The van der Waals surface area contributed by atoms with Gasteiger partial charge >= 0.3 is 6.18 Å².